The fourth-order valence-corrected chi connectivity index (χ4v) is 5.33. The summed E-state index contributed by atoms with van der Waals surface area (Å²) in [4.78, 5) is 47.0. The topological polar surface area (TPSA) is 104 Å². The van der Waals surface area contributed by atoms with Crippen LogP contribution in [0.5, 0.6) is 0 Å². The lowest BCUT2D eigenvalue weighted by Gasteiger charge is -2.15. The Morgan fingerprint density at radius 1 is 0.641 bits per heavy atom. The lowest BCUT2D eigenvalue weighted by molar-refractivity contribution is 0.0343. The van der Waals surface area contributed by atoms with Crippen molar-refractivity contribution >= 4 is 46.8 Å². The minimum absolute atomic E-state index is 0.148. The second kappa shape index (κ2) is 13.3. The molecule has 0 radical (unpaired) electrons. The normalized spacial score (nSPS) is 23.8. The Kier molecular flexibility index (Phi) is 9.91. The van der Waals surface area contributed by atoms with Gasteiger partial charge in [0.1, 0.15) is 0 Å². The molecule has 8 nitrogen and oxygen atoms in total. The highest BCUT2D eigenvalue weighted by Gasteiger charge is 2.57. The molecule has 2 aromatic rings. The van der Waals surface area contributed by atoms with Gasteiger partial charge in [-0.2, -0.15) is 0 Å². The highest BCUT2D eigenvalue weighted by atomic mass is 35.5. The molecule has 206 valence electrons. The molecular formula is C29H32Cl2N4O4. The van der Waals surface area contributed by atoms with Crippen LogP contribution in [0.25, 0.3) is 0 Å². The number of halogens is 2. The zero-order chi connectivity index (χ0) is 27.9. The second-order valence-electron chi connectivity index (χ2n) is 9.65. The van der Waals surface area contributed by atoms with Crippen LogP contribution in [0.3, 0.4) is 0 Å². The van der Waals surface area contributed by atoms with Crippen molar-refractivity contribution < 1.29 is 19.2 Å². The predicted molar refractivity (Wildman–Crippen MR) is 150 cm³/mol. The average Bonchev–Trinajstić information content (AvgIpc) is 3.59. The summed E-state index contributed by atoms with van der Waals surface area (Å²) in [6.45, 7) is 0. The number of nitrogens with two attached hydrogens (primary N) is 1. The van der Waals surface area contributed by atoms with E-state index in [0.717, 1.165) is 12.8 Å². The Morgan fingerprint density at radius 3 is 1.33 bits per heavy atom. The van der Waals surface area contributed by atoms with Gasteiger partial charge < -0.3 is 0 Å². The zero-order valence-electron chi connectivity index (χ0n) is 21.6. The van der Waals surface area contributed by atoms with Crippen molar-refractivity contribution in [1.82, 2.24) is 15.0 Å². The van der Waals surface area contributed by atoms with Crippen molar-refractivity contribution in [3.05, 3.63) is 82.9 Å². The number of hydrogen-bond acceptors (Lipinski definition) is 6. The van der Waals surface area contributed by atoms with Gasteiger partial charge in [0.05, 0.1) is 27.6 Å². The van der Waals surface area contributed by atoms with Gasteiger partial charge in [-0.3, -0.25) is 19.2 Å². The molecule has 39 heavy (non-hydrogen) atoms. The molecular weight excluding hydrogens is 539 g/mol. The average molecular weight is 572 g/mol. The van der Waals surface area contributed by atoms with Gasteiger partial charge in [0, 0.05) is 12.1 Å². The van der Waals surface area contributed by atoms with Crippen LogP contribution < -0.4 is 5.84 Å². The third-order valence-electron chi connectivity index (χ3n) is 7.27. The monoisotopic (exact) mass is 570 g/mol. The molecule has 2 aliphatic carbocycles. The Morgan fingerprint density at radius 2 is 1.00 bits per heavy atom. The number of hydrogen-bond donors (Lipinski definition) is 1. The number of hydrazine groups is 2. The summed E-state index contributed by atoms with van der Waals surface area (Å²) in [5.74, 6) is 4.04. The van der Waals surface area contributed by atoms with Crippen LogP contribution in [0.4, 0.5) is 0 Å². The van der Waals surface area contributed by atoms with Gasteiger partial charge in [-0.15, -0.1) is 23.2 Å². The van der Waals surface area contributed by atoms with Gasteiger partial charge >= 0.3 is 0 Å². The van der Waals surface area contributed by atoms with Crippen LogP contribution in [-0.4, -0.2) is 56.1 Å². The summed E-state index contributed by atoms with van der Waals surface area (Å²) in [5, 5.41) is 4.20. The van der Waals surface area contributed by atoms with E-state index in [1.165, 1.54) is 43.5 Å². The number of fused-ring (bicyclic) bond motifs is 3. The van der Waals surface area contributed by atoms with Crippen molar-refractivity contribution in [2.75, 3.05) is 5.34 Å². The maximum Gasteiger partial charge on any atom is 0.276 e. The largest absolute Gasteiger partial charge is 0.276 e. The number of nitrogens with zero attached hydrogens (tertiary/aromatic N) is 3. The summed E-state index contributed by atoms with van der Waals surface area (Å²) >= 11 is 9.53. The highest BCUT2D eigenvalue weighted by Crippen LogP contribution is 2.44. The maximum absolute atomic E-state index is 12.3. The molecule has 2 aromatic carbocycles. The summed E-state index contributed by atoms with van der Waals surface area (Å²) in [6.07, 6.45) is 14.6. The Labute approximate surface area is 238 Å². The number of imide groups is 2. The minimum atomic E-state index is -0.435. The zero-order valence-corrected chi connectivity index (χ0v) is 23.1. The SMILES string of the molecule is C1=CCCCC1.ClCCl.NN1C(=O)c2ccccc2C1=O.O=C1c2ccccc2C(=O)N1N1C2CCCCC21. The predicted octanol–water partition coefficient (Wildman–Crippen LogP) is 5.52. The van der Waals surface area contributed by atoms with E-state index >= 15 is 0 Å². The molecule has 10 heteroatoms. The van der Waals surface area contributed by atoms with Crippen LogP contribution in [-0.2, 0) is 0 Å². The van der Waals surface area contributed by atoms with E-state index in [9.17, 15) is 19.2 Å². The molecule has 1 saturated carbocycles. The first kappa shape index (κ1) is 29.0. The molecule has 2 fully saturated rings. The number of carbonyl (C=O) groups excluding carboxylic acids is 4. The summed E-state index contributed by atoms with van der Waals surface area (Å²) in [5.41, 5.74) is 1.85. The van der Waals surface area contributed by atoms with Crippen LogP contribution in [0.15, 0.2) is 60.7 Å². The number of alkyl halides is 2. The van der Waals surface area contributed by atoms with E-state index in [2.05, 4.69) is 12.2 Å². The van der Waals surface area contributed by atoms with Gasteiger partial charge in [0.25, 0.3) is 23.6 Å². The third-order valence-corrected chi connectivity index (χ3v) is 7.27. The molecule has 1 saturated heterocycles. The van der Waals surface area contributed by atoms with E-state index in [4.69, 9.17) is 29.0 Å². The summed E-state index contributed by atoms with van der Waals surface area (Å²) < 4.78 is 0. The Balaban J connectivity index is 0.000000144. The molecule has 7 rings (SSSR count). The molecule has 0 aromatic heterocycles. The fourth-order valence-electron chi connectivity index (χ4n) is 5.33. The number of benzene rings is 2. The maximum atomic E-state index is 12.3. The fraction of sp³-hybridized carbons (Fsp3) is 0.379. The number of rotatable bonds is 1. The van der Waals surface area contributed by atoms with E-state index in [-0.39, 0.29) is 17.2 Å². The summed E-state index contributed by atoms with van der Waals surface area (Å²) in [7, 11) is 0. The Bertz CT molecular complexity index is 1180. The van der Waals surface area contributed by atoms with Crippen LogP contribution in [0.1, 0.15) is 92.8 Å². The number of carbonyl (C=O) groups is 4. The molecule has 3 heterocycles. The van der Waals surface area contributed by atoms with E-state index < -0.39 is 11.8 Å². The lowest BCUT2D eigenvalue weighted by Crippen LogP contribution is -2.37. The minimum Gasteiger partial charge on any atom is -0.267 e. The molecule has 2 unspecified atom stereocenters. The second-order valence-corrected chi connectivity index (χ2v) is 10.5. The molecule has 0 spiro atoms. The lowest BCUT2D eigenvalue weighted by atomic mass is 10.0. The van der Waals surface area contributed by atoms with Gasteiger partial charge in [0.15, 0.2) is 0 Å². The molecule has 0 bridgehead atoms. The van der Waals surface area contributed by atoms with Crippen molar-refractivity contribution in [1.29, 1.82) is 0 Å². The number of allylic oxidation sites excluding steroid dienone is 2. The van der Waals surface area contributed by atoms with Crippen LogP contribution in [0.2, 0.25) is 0 Å². The molecule has 4 amide bonds. The standard InChI is InChI=1S/C14H14N2O2.C8H6N2O2.C6H10.CH2Cl2/c17-13-9-5-1-2-6-10(9)14(18)16(13)15-11-7-3-4-8-12(11)15;9-10-7(11)5-3-1-2-4-6(5)8(10)12;1-2-4-6-5-3-1;2-1-3/h1-2,5-6,11-12H,3-4,7-8H2;1-4H,9H2;1-2H,3-6H2;1H2. The molecule has 2 N–H and O–H groups in total. The smallest absolute Gasteiger partial charge is 0.267 e. The van der Waals surface area contributed by atoms with E-state index in [1.807, 2.05) is 17.1 Å². The van der Waals surface area contributed by atoms with Gasteiger partial charge in [-0.25, -0.2) is 20.9 Å². The first-order chi connectivity index (χ1) is 18.9. The first-order valence-corrected chi connectivity index (χ1v) is 14.2. The Hall–Kier alpha value is -3.04. The number of amides is 4. The van der Waals surface area contributed by atoms with Gasteiger partial charge in [0.2, 0.25) is 0 Å². The summed E-state index contributed by atoms with van der Waals surface area (Å²) in [6, 6.07) is 14.5. The van der Waals surface area contributed by atoms with Crippen molar-refractivity contribution in [2.24, 2.45) is 5.84 Å². The van der Waals surface area contributed by atoms with Crippen molar-refractivity contribution in [3.63, 3.8) is 0 Å². The van der Waals surface area contributed by atoms with E-state index in [0.29, 0.717) is 39.3 Å². The highest BCUT2D eigenvalue weighted by molar-refractivity contribution is 6.40. The molecule has 5 aliphatic rings. The first-order valence-electron chi connectivity index (χ1n) is 13.2. The van der Waals surface area contributed by atoms with Crippen LogP contribution >= 0.6 is 23.2 Å². The van der Waals surface area contributed by atoms with Crippen molar-refractivity contribution in [3.8, 4) is 0 Å². The van der Waals surface area contributed by atoms with E-state index in [1.54, 1.807) is 36.4 Å². The van der Waals surface area contributed by atoms with Gasteiger partial charge in [-0.1, -0.05) is 49.3 Å². The molecule has 2 atom stereocenters. The van der Waals surface area contributed by atoms with Gasteiger partial charge in [-0.05, 0) is 62.8 Å². The molecule has 3 aliphatic heterocycles. The van der Waals surface area contributed by atoms with Crippen LogP contribution in [0, 0.1) is 0 Å². The van der Waals surface area contributed by atoms with Crippen molar-refractivity contribution in [2.45, 2.75) is 63.5 Å². The third kappa shape index (κ3) is 6.25. The quantitative estimate of drug-likeness (QED) is 0.121.